The van der Waals surface area contributed by atoms with Gasteiger partial charge in [-0.1, -0.05) is 29.5 Å². The van der Waals surface area contributed by atoms with Crippen LogP contribution in [0.5, 0.6) is 5.75 Å². The van der Waals surface area contributed by atoms with Crippen molar-refractivity contribution in [2.24, 2.45) is 5.92 Å². The molecule has 2 aromatic heterocycles. The minimum atomic E-state index is -0.437. The van der Waals surface area contributed by atoms with Crippen molar-refractivity contribution >= 4 is 28.3 Å². The van der Waals surface area contributed by atoms with Crippen LogP contribution in [0.3, 0.4) is 0 Å². The lowest BCUT2D eigenvalue weighted by molar-refractivity contribution is -0.131. The van der Waals surface area contributed by atoms with Gasteiger partial charge in [0, 0.05) is 55.3 Å². The summed E-state index contributed by atoms with van der Waals surface area (Å²) in [6, 6.07) is 11.2. The Balaban J connectivity index is 1.36. The molecule has 2 aliphatic heterocycles. The molecule has 1 unspecified atom stereocenters. The molecule has 230 valence electrons. The van der Waals surface area contributed by atoms with Crippen molar-refractivity contribution in [3.05, 3.63) is 71.9 Å². The number of aromatic nitrogens is 4. The SMILES string of the molecule is CNCC1CCCN(C(=O)c2cc3c(-c4ccccc4OC)cc(C4=CCCN(C(=O)CCn5ccnn5)C4)c(F)c3[nH]2)C1. The fourth-order valence-corrected chi connectivity index (χ4v) is 6.45. The Morgan fingerprint density at radius 1 is 1.14 bits per heavy atom. The molecule has 0 bridgehead atoms. The van der Waals surface area contributed by atoms with Gasteiger partial charge in [0.15, 0.2) is 5.82 Å². The lowest BCUT2D eigenvalue weighted by Gasteiger charge is -2.32. The molecule has 4 aromatic rings. The van der Waals surface area contributed by atoms with Crippen molar-refractivity contribution in [2.75, 3.05) is 46.9 Å². The average molecular weight is 600 g/mol. The quantitative estimate of drug-likeness (QED) is 0.296. The lowest BCUT2D eigenvalue weighted by atomic mass is 9.92. The molecule has 44 heavy (non-hydrogen) atoms. The number of fused-ring (bicyclic) bond motifs is 1. The zero-order valence-electron chi connectivity index (χ0n) is 25.2. The number of hydrogen-bond acceptors (Lipinski definition) is 6. The smallest absolute Gasteiger partial charge is 0.270 e. The van der Waals surface area contributed by atoms with Crippen LogP contribution in [0.1, 0.15) is 41.7 Å². The molecule has 0 radical (unpaired) electrons. The van der Waals surface area contributed by atoms with E-state index in [1.165, 1.54) is 0 Å². The van der Waals surface area contributed by atoms with E-state index in [2.05, 4.69) is 20.6 Å². The first-order valence-electron chi connectivity index (χ1n) is 15.2. The van der Waals surface area contributed by atoms with E-state index in [-0.39, 0.29) is 30.3 Å². The number of aromatic amines is 1. The van der Waals surface area contributed by atoms with Crippen molar-refractivity contribution in [2.45, 2.75) is 32.2 Å². The summed E-state index contributed by atoms with van der Waals surface area (Å²) in [5.41, 5.74) is 3.31. The largest absolute Gasteiger partial charge is 0.496 e. The van der Waals surface area contributed by atoms with Crippen LogP contribution >= 0.6 is 0 Å². The molecule has 2 amide bonds. The predicted molar refractivity (Wildman–Crippen MR) is 167 cm³/mol. The number of amides is 2. The number of piperidine rings is 1. The van der Waals surface area contributed by atoms with E-state index in [4.69, 9.17) is 4.74 Å². The maximum Gasteiger partial charge on any atom is 0.270 e. The number of halogens is 1. The number of para-hydroxylation sites is 1. The molecular formula is C33H38FN7O3. The molecule has 4 heterocycles. The first-order valence-corrected chi connectivity index (χ1v) is 15.2. The summed E-state index contributed by atoms with van der Waals surface area (Å²) in [4.78, 5) is 33.6. The molecule has 1 saturated heterocycles. The molecule has 0 spiro atoms. The zero-order chi connectivity index (χ0) is 30.6. The summed E-state index contributed by atoms with van der Waals surface area (Å²) in [6.07, 6.45) is 8.20. The van der Waals surface area contributed by atoms with Gasteiger partial charge in [-0.3, -0.25) is 14.3 Å². The molecule has 1 atom stereocenters. The van der Waals surface area contributed by atoms with Crippen LogP contribution in [0.4, 0.5) is 4.39 Å². The van der Waals surface area contributed by atoms with Gasteiger partial charge < -0.3 is 24.8 Å². The van der Waals surface area contributed by atoms with Crippen molar-refractivity contribution < 1.29 is 18.7 Å². The van der Waals surface area contributed by atoms with Gasteiger partial charge in [-0.2, -0.15) is 0 Å². The van der Waals surface area contributed by atoms with Crippen LogP contribution in [0.15, 0.2) is 54.9 Å². The molecule has 2 aliphatic rings. The summed E-state index contributed by atoms with van der Waals surface area (Å²) < 4.78 is 23.8. The second kappa shape index (κ2) is 13.0. The maximum absolute atomic E-state index is 16.5. The number of rotatable bonds is 9. The minimum absolute atomic E-state index is 0.0246. The fraction of sp³-hybridized carbons (Fsp3) is 0.394. The monoisotopic (exact) mass is 599 g/mol. The van der Waals surface area contributed by atoms with E-state index in [0.717, 1.165) is 36.1 Å². The Hall–Kier alpha value is -4.51. The first-order chi connectivity index (χ1) is 21.5. The summed E-state index contributed by atoms with van der Waals surface area (Å²) in [5.74, 6) is 0.439. The second-order valence-corrected chi connectivity index (χ2v) is 11.5. The van der Waals surface area contributed by atoms with Crippen LogP contribution in [-0.4, -0.2) is 88.5 Å². The summed E-state index contributed by atoms with van der Waals surface area (Å²) >= 11 is 0. The number of nitrogens with one attached hydrogen (secondary N) is 2. The summed E-state index contributed by atoms with van der Waals surface area (Å²) in [5, 5.41) is 11.6. The van der Waals surface area contributed by atoms with E-state index in [1.54, 1.807) is 35.2 Å². The number of ether oxygens (including phenoxy) is 1. The van der Waals surface area contributed by atoms with Gasteiger partial charge >= 0.3 is 0 Å². The van der Waals surface area contributed by atoms with E-state index < -0.39 is 5.82 Å². The zero-order valence-corrected chi connectivity index (χ0v) is 25.2. The van der Waals surface area contributed by atoms with E-state index in [9.17, 15) is 9.59 Å². The molecule has 1 fully saturated rings. The number of hydrogen-bond donors (Lipinski definition) is 2. The highest BCUT2D eigenvalue weighted by molar-refractivity contribution is 6.05. The molecule has 10 nitrogen and oxygen atoms in total. The maximum atomic E-state index is 16.5. The average Bonchev–Trinajstić information content (AvgIpc) is 3.75. The number of aryl methyl sites for hydroxylation is 1. The number of methoxy groups -OCH3 is 1. The Bertz CT molecular complexity index is 1680. The summed E-state index contributed by atoms with van der Waals surface area (Å²) in [7, 11) is 3.53. The van der Waals surface area contributed by atoms with Gasteiger partial charge in [-0.15, -0.1) is 5.10 Å². The van der Waals surface area contributed by atoms with Gasteiger partial charge in [0.1, 0.15) is 11.4 Å². The van der Waals surface area contributed by atoms with Gasteiger partial charge in [0.25, 0.3) is 5.91 Å². The Kier molecular flexibility index (Phi) is 8.74. The van der Waals surface area contributed by atoms with E-state index >= 15 is 4.39 Å². The van der Waals surface area contributed by atoms with Gasteiger partial charge in [-0.05, 0) is 68.1 Å². The topological polar surface area (TPSA) is 108 Å². The minimum Gasteiger partial charge on any atom is -0.496 e. The standard InChI is InChI=1S/C33H38FN7O3/c1-35-19-22-7-5-14-40(20-22)33(43)28-18-27-26(24-9-3-4-10-29(24)44-2)17-25(31(34)32(27)37-28)23-8-6-13-39(21-23)30(42)11-15-41-16-12-36-38-41/h3-4,8-10,12,16-18,22,35,37H,5-7,11,13-15,19-21H2,1-2H3. The number of likely N-dealkylation sites (tertiary alicyclic amines) is 1. The molecule has 2 aromatic carbocycles. The van der Waals surface area contributed by atoms with Gasteiger partial charge in [-0.25, -0.2) is 4.39 Å². The third-order valence-corrected chi connectivity index (χ3v) is 8.66. The molecule has 11 heteroatoms. The van der Waals surface area contributed by atoms with Crippen molar-refractivity contribution in [3.8, 4) is 16.9 Å². The number of H-pyrrole nitrogens is 1. The molecule has 6 rings (SSSR count). The molecule has 0 aliphatic carbocycles. The third-order valence-electron chi connectivity index (χ3n) is 8.66. The van der Waals surface area contributed by atoms with Gasteiger partial charge in [0.2, 0.25) is 5.91 Å². The normalized spacial score (nSPS) is 17.2. The van der Waals surface area contributed by atoms with Crippen molar-refractivity contribution in [1.29, 1.82) is 0 Å². The Morgan fingerprint density at radius 2 is 2.00 bits per heavy atom. The van der Waals surface area contributed by atoms with Crippen LogP contribution < -0.4 is 10.1 Å². The highest BCUT2D eigenvalue weighted by Gasteiger charge is 2.28. The van der Waals surface area contributed by atoms with Gasteiger partial charge in [0.05, 0.1) is 25.4 Å². The highest BCUT2D eigenvalue weighted by Crippen LogP contribution is 2.40. The number of carbonyl (C=O) groups excluding carboxylic acids is 2. The van der Waals surface area contributed by atoms with Crippen LogP contribution in [0.25, 0.3) is 27.6 Å². The van der Waals surface area contributed by atoms with Crippen LogP contribution in [0, 0.1) is 11.7 Å². The highest BCUT2D eigenvalue weighted by atomic mass is 19.1. The van der Waals surface area contributed by atoms with E-state index in [1.807, 2.05) is 48.4 Å². The first kappa shape index (κ1) is 29.6. The number of benzene rings is 2. The van der Waals surface area contributed by atoms with E-state index in [0.29, 0.717) is 60.9 Å². The molecular weight excluding hydrogens is 561 g/mol. The summed E-state index contributed by atoms with van der Waals surface area (Å²) in [6.45, 7) is 3.47. The fourth-order valence-electron chi connectivity index (χ4n) is 6.45. The molecule has 0 saturated carbocycles. The lowest BCUT2D eigenvalue weighted by Crippen LogP contribution is -2.42. The Morgan fingerprint density at radius 3 is 2.80 bits per heavy atom. The second-order valence-electron chi connectivity index (χ2n) is 11.5. The van der Waals surface area contributed by atoms with Crippen molar-refractivity contribution in [1.82, 2.24) is 35.1 Å². The predicted octanol–water partition coefficient (Wildman–Crippen LogP) is 4.35. The van der Waals surface area contributed by atoms with Crippen LogP contribution in [0.2, 0.25) is 0 Å². The van der Waals surface area contributed by atoms with Crippen LogP contribution in [-0.2, 0) is 11.3 Å². The third kappa shape index (κ3) is 5.96. The number of nitrogens with zero attached hydrogens (tertiary/aromatic N) is 5. The Labute approximate surface area is 255 Å². The molecule has 2 N–H and O–H groups in total. The number of carbonyl (C=O) groups is 2. The van der Waals surface area contributed by atoms with Crippen molar-refractivity contribution in [3.63, 3.8) is 0 Å².